The molecule has 0 unspecified atom stereocenters. The van der Waals surface area contributed by atoms with Gasteiger partial charge in [0.05, 0.1) is 18.5 Å². The SMILES string of the molecule is CCn1cc(C(=O)N2CC(Oc3ccccn3)C2)c(=O)c2ccc(C)nc21. The van der Waals surface area contributed by atoms with Crippen molar-refractivity contribution in [3.8, 4) is 5.88 Å². The maximum atomic E-state index is 12.8. The average Bonchev–Trinajstić information content (AvgIpc) is 2.65. The van der Waals surface area contributed by atoms with Crippen LogP contribution in [0, 0.1) is 6.92 Å². The zero-order valence-corrected chi connectivity index (χ0v) is 15.3. The number of nitrogens with zero attached hydrogens (tertiary/aromatic N) is 4. The van der Waals surface area contributed by atoms with Gasteiger partial charge in [0.1, 0.15) is 17.3 Å². The normalized spacial score (nSPS) is 14.2. The Kier molecular flexibility index (Phi) is 4.35. The van der Waals surface area contributed by atoms with Gasteiger partial charge in [0.25, 0.3) is 5.91 Å². The van der Waals surface area contributed by atoms with E-state index in [9.17, 15) is 9.59 Å². The molecule has 1 aliphatic rings. The third kappa shape index (κ3) is 3.16. The summed E-state index contributed by atoms with van der Waals surface area (Å²) >= 11 is 0. The largest absolute Gasteiger partial charge is 0.471 e. The minimum Gasteiger partial charge on any atom is -0.471 e. The van der Waals surface area contributed by atoms with Crippen LogP contribution in [0.25, 0.3) is 11.0 Å². The molecule has 0 atom stereocenters. The molecule has 0 aromatic carbocycles. The van der Waals surface area contributed by atoms with Gasteiger partial charge in [0, 0.05) is 30.7 Å². The van der Waals surface area contributed by atoms with E-state index in [-0.39, 0.29) is 23.0 Å². The van der Waals surface area contributed by atoms with Crippen molar-refractivity contribution in [3.05, 3.63) is 64.2 Å². The second-order valence-electron chi connectivity index (χ2n) is 6.60. The van der Waals surface area contributed by atoms with Crippen molar-refractivity contribution in [2.24, 2.45) is 0 Å². The van der Waals surface area contributed by atoms with Crippen molar-refractivity contribution in [2.75, 3.05) is 13.1 Å². The van der Waals surface area contributed by atoms with Crippen LogP contribution >= 0.6 is 0 Å². The molecule has 0 saturated carbocycles. The number of aromatic nitrogens is 3. The first kappa shape index (κ1) is 17.2. The van der Waals surface area contributed by atoms with E-state index < -0.39 is 0 Å². The Morgan fingerprint density at radius 1 is 1.26 bits per heavy atom. The predicted molar refractivity (Wildman–Crippen MR) is 101 cm³/mol. The molecule has 27 heavy (non-hydrogen) atoms. The van der Waals surface area contributed by atoms with Gasteiger partial charge in [-0.2, -0.15) is 0 Å². The fourth-order valence-corrected chi connectivity index (χ4v) is 3.19. The molecule has 4 rings (SSSR count). The second kappa shape index (κ2) is 6.83. The molecule has 1 aliphatic heterocycles. The van der Waals surface area contributed by atoms with Crippen LogP contribution in [0.4, 0.5) is 0 Å². The number of carbonyl (C=O) groups is 1. The van der Waals surface area contributed by atoms with Gasteiger partial charge in [-0.05, 0) is 32.0 Å². The van der Waals surface area contributed by atoms with Gasteiger partial charge in [-0.3, -0.25) is 9.59 Å². The number of fused-ring (bicyclic) bond motifs is 1. The van der Waals surface area contributed by atoms with Crippen LogP contribution in [0.15, 0.2) is 47.5 Å². The molecule has 0 bridgehead atoms. The molecule has 7 heteroatoms. The maximum Gasteiger partial charge on any atom is 0.259 e. The standard InChI is InChI=1S/C20H20N4O3/c1-3-23-12-16(18(25)15-8-7-13(2)22-19(15)23)20(26)24-10-14(11-24)27-17-6-4-5-9-21-17/h4-9,12,14H,3,10-11H2,1-2H3. The topological polar surface area (TPSA) is 77.3 Å². The van der Waals surface area contributed by atoms with Crippen molar-refractivity contribution in [2.45, 2.75) is 26.5 Å². The summed E-state index contributed by atoms with van der Waals surface area (Å²) in [5.74, 6) is 0.264. The Bertz CT molecular complexity index is 1060. The Hall–Kier alpha value is -3.22. The highest BCUT2D eigenvalue weighted by atomic mass is 16.5. The van der Waals surface area contributed by atoms with Crippen molar-refractivity contribution in [1.29, 1.82) is 0 Å². The van der Waals surface area contributed by atoms with Crippen molar-refractivity contribution < 1.29 is 9.53 Å². The van der Waals surface area contributed by atoms with Gasteiger partial charge in [0.2, 0.25) is 11.3 Å². The molecular formula is C20H20N4O3. The van der Waals surface area contributed by atoms with E-state index >= 15 is 0 Å². The minimum atomic E-state index is -0.277. The lowest BCUT2D eigenvalue weighted by Crippen LogP contribution is -2.56. The van der Waals surface area contributed by atoms with E-state index in [1.54, 1.807) is 35.5 Å². The highest BCUT2D eigenvalue weighted by Crippen LogP contribution is 2.19. The summed E-state index contributed by atoms with van der Waals surface area (Å²) in [6.07, 6.45) is 3.17. The van der Waals surface area contributed by atoms with Crippen molar-refractivity contribution in [1.82, 2.24) is 19.4 Å². The van der Waals surface area contributed by atoms with E-state index in [0.29, 0.717) is 36.5 Å². The number of carbonyl (C=O) groups excluding carboxylic acids is 1. The average molecular weight is 364 g/mol. The molecule has 7 nitrogen and oxygen atoms in total. The fraction of sp³-hybridized carbons (Fsp3) is 0.300. The summed E-state index contributed by atoms with van der Waals surface area (Å²) in [6.45, 7) is 5.34. The fourth-order valence-electron chi connectivity index (χ4n) is 3.19. The molecule has 0 radical (unpaired) electrons. The summed E-state index contributed by atoms with van der Waals surface area (Å²) in [5, 5.41) is 0.468. The van der Waals surface area contributed by atoms with Crippen LogP contribution in [0.1, 0.15) is 23.0 Å². The number of amides is 1. The van der Waals surface area contributed by atoms with E-state index in [4.69, 9.17) is 4.74 Å². The van der Waals surface area contributed by atoms with Gasteiger partial charge in [0.15, 0.2) is 0 Å². The van der Waals surface area contributed by atoms with E-state index in [1.165, 1.54) is 0 Å². The lowest BCUT2D eigenvalue weighted by atomic mass is 10.1. The second-order valence-corrected chi connectivity index (χ2v) is 6.60. The van der Waals surface area contributed by atoms with Gasteiger partial charge >= 0.3 is 0 Å². The zero-order chi connectivity index (χ0) is 19.0. The van der Waals surface area contributed by atoms with Crippen molar-refractivity contribution in [3.63, 3.8) is 0 Å². The van der Waals surface area contributed by atoms with E-state index in [1.807, 2.05) is 30.5 Å². The minimum absolute atomic E-state index is 0.109. The molecule has 4 heterocycles. The quantitative estimate of drug-likeness (QED) is 0.708. The monoisotopic (exact) mass is 364 g/mol. The van der Waals surface area contributed by atoms with Gasteiger partial charge < -0.3 is 14.2 Å². The molecular weight excluding hydrogens is 344 g/mol. The number of likely N-dealkylation sites (tertiary alicyclic amines) is 1. The predicted octanol–water partition coefficient (Wildman–Crippen LogP) is 2.02. The smallest absolute Gasteiger partial charge is 0.259 e. The summed E-state index contributed by atoms with van der Waals surface area (Å²) in [7, 11) is 0. The third-order valence-electron chi connectivity index (χ3n) is 4.69. The Balaban J connectivity index is 1.56. The molecule has 3 aromatic rings. The van der Waals surface area contributed by atoms with Crippen LogP contribution in [-0.2, 0) is 6.54 Å². The molecule has 3 aromatic heterocycles. The van der Waals surface area contributed by atoms with Crippen LogP contribution in [0.2, 0.25) is 0 Å². The van der Waals surface area contributed by atoms with Crippen LogP contribution in [0.3, 0.4) is 0 Å². The Labute approximate surface area is 156 Å². The van der Waals surface area contributed by atoms with Gasteiger partial charge in [-0.1, -0.05) is 6.07 Å². The highest BCUT2D eigenvalue weighted by molar-refractivity contribution is 5.97. The van der Waals surface area contributed by atoms with Gasteiger partial charge in [-0.25, -0.2) is 9.97 Å². The van der Waals surface area contributed by atoms with Crippen LogP contribution in [0.5, 0.6) is 5.88 Å². The molecule has 0 spiro atoms. The highest BCUT2D eigenvalue weighted by Gasteiger charge is 2.34. The number of ether oxygens (including phenoxy) is 1. The first-order valence-electron chi connectivity index (χ1n) is 8.94. The number of aryl methyl sites for hydroxylation is 2. The Morgan fingerprint density at radius 2 is 2.07 bits per heavy atom. The lowest BCUT2D eigenvalue weighted by Gasteiger charge is -2.38. The molecule has 1 fully saturated rings. The number of rotatable bonds is 4. The Morgan fingerprint density at radius 3 is 2.78 bits per heavy atom. The van der Waals surface area contributed by atoms with E-state index in [2.05, 4.69) is 9.97 Å². The summed E-state index contributed by atoms with van der Waals surface area (Å²) < 4.78 is 7.57. The molecule has 0 aliphatic carbocycles. The first-order chi connectivity index (χ1) is 13.1. The zero-order valence-electron chi connectivity index (χ0n) is 15.3. The lowest BCUT2D eigenvalue weighted by molar-refractivity contribution is 0.0159. The molecule has 138 valence electrons. The first-order valence-corrected chi connectivity index (χ1v) is 8.94. The third-order valence-corrected chi connectivity index (χ3v) is 4.69. The van der Waals surface area contributed by atoms with Crippen molar-refractivity contribution >= 4 is 16.9 Å². The molecule has 1 saturated heterocycles. The number of hydrogen-bond donors (Lipinski definition) is 0. The summed E-state index contributed by atoms with van der Waals surface area (Å²) in [6, 6.07) is 8.98. The summed E-state index contributed by atoms with van der Waals surface area (Å²) in [4.78, 5) is 35.9. The maximum absolute atomic E-state index is 12.8. The molecule has 1 amide bonds. The van der Waals surface area contributed by atoms with Crippen LogP contribution in [-0.4, -0.2) is 44.5 Å². The number of pyridine rings is 3. The number of hydrogen-bond acceptors (Lipinski definition) is 5. The van der Waals surface area contributed by atoms with Crippen LogP contribution < -0.4 is 10.2 Å². The summed E-state index contributed by atoms with van der Waals surface area (Å²) in [5.41, 5.74) is 1.34. The van der Waals surface area contributed by atoms with E-state index in [0.717, 1.165) is 5.69 Å². The molecule has 0 N–H and O–H groups in total. The van der Waals surface area contributed by atoms with Gasteiger partial charge in [-0.15, -0.1) is 0 Å².